The van der Waals surface area contributed by atoms with Crippen molar-refractivity contribution in [1.29, 1.82) is 0 Å². The zero-order chi connectivity index (χ0) is 36.2. The zero-order valence-electron chi connectivity index (χ0n) is 29.7. The number of hydrogen-bond donors (Lipinski definition) is 5. The Hall–Kier alpha value is -2.78. The van der Waals surface area contributed by atoms with Crippen LogP contribution < -0.4 is 21.3 Å². The topological polar surface area (TPSA) is 193 Å². The molecule has 2 rings (SSSR count). The number of nitrogens with one attached hydrogen (secondary N) is 4. The molecule has 0 saturated heterocycles. The van der Waals surface area contributed by atoms with E-state index in [-0.39, 0.29) is 36.7 Å². The highest BCUT2D eigenvalue weighted by molar-refractivity contribution is 7.92. The van der Waals surface area contributed by atoms with Gasteiger partial charge in [-0.15, -0.1) is 11.3 Å². The lowest BCUT2D eigenvalue weighted by Gasteiger charge is -2.30. The van der Waals surface area contributed by atoms with Crippen molar-refractivity contribution in [3.63, 3.8) is 0 Å². The van der Waals surface area contributed by atoms with Crippen LogP contribution >= 0.6 is 11.3 Å². The van der Waals surface area contributed by atoms with Gasteiger partial charge in [0.2, 0.25) is 17.7 Å². The van der Waals surface area contributed by atoms with Gasteiger partial charge in [-0.05, 0) is 50.4 Å². The predicted octanol–water partition coefficient (Wildman–Crippen LogP) is 3.23. The molecule has 1 aliphatic rings. The van der Waals surface area contributed by atoms with E-state index in [1.54, 1.807) is 19.2 Å². The fraction of sp³-hybridized carbons (Fsp3) is 0.788. The molecule has 0 spiro atoms. The van der Waals surface area contributed by atoms with Crippen molar-refractivity contribution in [3.05, 3.63) is 16.1 Å². The van der Waals surface area contributed by atoms with Crippen molar-refractivity contribution in [2.45, 2.75) is 130 Å². The summed E-state index contributed by atoms with van der Waals surface area (Å²) in [6.45, 7) is 15.2. The highest BCUT2D eigenvalue weighted by Gasteiger charge is 2.37. The maximum Gasteiger partial charge on any atom is 0.408 e. The normalized spacial score (nSPS) is 17.1. The molecular formula is C33H57N5O8S2. The lowest BCUT2D eigenvalue weighted by molar-refractivity contribution is -0.132. The second kappa shape index (κ2) is 19.4. The summed E-state index contributed by atoms with van der Waals surface area (Å²) in [5, 5.41) is 23.9. The van der Waals surface area contributed by atoms with Gasteiger partial charge in [0.25, 0.3) is 0 Å². The predicted molar refractivity (Wildman–Crippen MR) is 186 cm³/mol. The van der Waals surface area contributed by atoms with Crippen LogP contribution in [0.5, 0.6) is 0 Å². The second-order valence-corrected chi connectivity index (χ2v) is 17.5. The smallest absolute Gasteiger partial charge is 0.408 e. The fourth-order valence-corrected chi connectivity index (χ4v) is 8.27. The van der Waals surface area contributed by atoms with Crippen LogP contribution in [0.1, 0.15) is 97.7 Å². The first-order valence-corrected chi connectivity index (χ1v) is 19.6. The number of alkyl carbamates (subject to hydrolysis) is 1. The monoisotopic (exact) mass is 715 g/mol. The lowest BCUT2D eigenvalue weighted by atomic mass is 9.91. The Labute approximate surface area is 290 Å². The number of aliphatic hydroxyl groups excluding tert-OH is 1. The van der Waals surface area contributed by atoms with E-state index >= 15 is 0 Å². The maximum absolute atomic E-state index is 13.7. The van der Waals surface area contributed by atoms with Crippen molar-refractivity contribution in [1.82, 2.24) is 26.3 Å². The summed E-state index contributed by atoms with van der Waals surface area (Å²) in [6.07, 6.45) is 0.687. The Morgan fingerprint density at radius 1 is 0.938 bits per heavy atom. The first-order chi connectivity index (χ1) is 22.4. The van der Waals surface area contributed by atoms with Crippen LogP contribution in [0.25, 0.3) is 0 Å². The molecule has 1 aromatic heterocycles. The average Bonchev–Trinajstić information content (AvgIpc) is 3.69. The summed E-state index contributed by atoms with van der Waals surface area (Å²) in [7, 11) is -3.75. The quantitative estimate of drug-likeness (QED) is 0.143. The number of carbonyl (C=O) groups is 4. The second-order valence-electron chi connectivity index (χ2n) is 14.2. The molecule has 5 atom stereocenters. The number of thiazole rings is 1. The number of aryl methyl sites for hydroxylation is 1. The number of aliphatic hydroxyl groups is 1. The first kappa shape index (κ1) is 41.4. The molecule has 0 unspecified atom stereocenters. The summed E-state index contributed by atoms with van der Waals surface area (Å²) in [6, 6.07) is -3.08. The van der Waals surface area contributed by atoms with Crippen LogP contribution in [0.3, 0.4) is 0 Å². The molecule has 1 fully saturated rings. The zero-order valence-corrected chi connectivity index (χ0v) is 31.3. The van der Waals surface area contributed by atoms with Gasteiger partial charge in [-0.2, -0.15) is 0 Å². The van der Waals surface area contributed by atoms with Gasteiger partial charge in [-0.25, -0.2) is 18.2 Å². The van der Waals surface area contributed by atoms with Crippen molar-refractivity contribution in [2.75, 3.05) is 12.3 Å². The molecule has 0 bridgehead atoms. The van der Waals surface area contributed by atoms with E-state index < -0.39 is 68.9 Å². The van der Waals surface area contributed by atoms with Crippen molar-refractivity contribution in [2.24, 2.45) is 23.7 Å². The molecule has 5 N–H and O–H groups in total. The fourth-order valence-electron chi connectivity index (χ4n) is 5.56. The van der Waals surface area contributed by atoms with Crippen LogP contribution in [0.4, 0.5) is 4.79 Å². The number of amides is 4. The largest absolute Gasteiger partial charge is 0.442 e. The van der Waals surface area contributed by atoms with Crippen molar-refractivity contribution >= 4 is 45.0 Å². The molecule has 1 aromatic rings. The number of sulfone groups is 1. The first-order valence-electron chi connectivity index (χ1n) is 17.0. The number of ether oxygens (including phenoxy) is 1. The molecule has 0 radical (unpaired) electrons. The third kappa shape index (κ3) is 14.0. The highest BCUT2D eigenvalue weighted by Crippen LogP contribution is 2.26. The Kier molecular flexibility index (Phi) is 16.7. The van der Waals surface area contributed by atoms with Gasteiger partial charge >= 0.3 is 6.09 Å². The van der Waals surface area contributed by atoms with Crippen molar-refractivity contribution < 1.29 is 37.4 Å². The van der Waals surface area contributed by atoms with Gasteiger partial charge in [0, 0.05) is 23.5 Å². The number of rotatable bonds is 19. The minimum atomic E-state index is -3.75. The van der Waals surface area contributed by atoms with Gasteiger partial charge in [0.05, 0.1) is 23.1 Å². The Bertz CT molecular complexity index is 1310. The van der Waals surface area contributed by atoms with Gasteiger partial charge < -0.3 is 31.1 Å². The van der Waals surface area contributed by atoms with Crippen LogP contribution in [0.2, 0.25) is 0 Å². The minimum absolute atomic E-state index is 0.0180. The number of carbonyl (C=O) groups excluding carboxylic acids is 4. The number of aromatic nitrogens is 1. The van der Waals surface area contributed by atoms with Crippen LogP contribution in [-0.2, 0) is 35.6 Å². The molecule has 1 heterocycles. The molecular weight excluding hydrogens is 659 g/mol. The molecule has 0 aromatic carbocycles. The number of hydrogen-bond acceptors (Lipinski definition) is 10. The molecule has 1 saturated carbocycles. The van der Waals surface area contributed by atoms with Crippen molar-refractivity contribution in [3.8, 4) is 0 Å². The molecule has 4 amide bonds. The summed E-state index contributed by atoms with van der Waals surface area (Å²) < 4.78 is 31.8. The third-order valence-electron chi connectivity index (χ3n) is 8.30. The van der Waals surface area contributed by atoms with Crippen LogP contribution in [0.15, 0.2) is 5.38 Å². The maximum atomic E-state index is 13.7. The minimum Gasteiger partial charge on any atom is -0.442 e. The Morgan fingerprint density at radius 2 is 1.58 bits per heavy atom. The Balaban J connectivity index is 2.16. The molecule has 13 nitrogen and oxygen atoms in total. The molecule has 0 aliphatic heterocycles. The molecule has 274 valence electrons. The van der Waals surface area contributed by atoms with Crippen LogP contribution in [0, 0.1) is 30.6 Å². The highest BCUT2D eigenvalue weighted by atomic mass is 32.2. The Morgan fingerprint density at radius 3 is 2.12 bits per heavy atom. The molecule has 48 heavy (non-hydrogen) atoms. The van der Waals surface area contributed by atoms with E-state index in [9.17, 15) is 32.7 Å². The SMILES string of the molecule is Cc1csc(COC(=O)N[C@@H](CS(=O)(=O)C2CCCC2)C(=O)N[C@H](CC(C)C)[C@@H](O)C[C@@H](C)C(=O)N[C@@H](C(=O)NCC(C)C)C(C)C)n1. The summed E-state index contributed by atoms with van der Waals surface area (Å²) >= 11 is 1.31. The van der Waals surface area contributed by atoms with Gasteiger partial charge in [0.1, 0.15) is 23.7 Å². The lowest BCUT2D eigenvalue weighted by Crippen LogP contribution is -2.56. The van der Waals surface area contributed by atoms with Gasteiger partial charge in [0.15, 0.2) is 9.84 Å². The molecule has 1 aliphatic carbocycles. The van der Waals surface area contributed by atoms with E-state index in [0.29, 0.717) is 30.8 Å². The average molecular weight is 716 g/mol. The van der Waals surface area contributed by atoms with E-state index in [0.717, 1.165) is 18.5 Å². The standard InChI is InChI=1S/C33H57N5O8S2/c1-19(2)13-25(27(39)14-22(7)30(40)38-29(21(5)6)32(42)34-15-20(3)4)36-31(41)26(18-48(44,45)24-11-9-10-12-24)37-33(43)46-16-28-35-23(8)17-47-28/h17,19-22,24-27,29,39H,9-16,18H2,1-8H3,(H,34,42)(H,36,41)(H,37,43)(H,38,40)/t22-,25-,26+,27+,29-/m1/s1. The third-order valence-corrected chi connectivity index (χ3v) is 11.5. The summed E-state index contributed by atoms with van der Waals surface area (Å²) in [5.74, 6) is -2.71. The molecule has 15 heteroatoms. The van der Waals surface area contributed by atoms with E-state index in [2.05, 4.69) is 26.3 Å². The summed E-state index contributed by atoms with van der Waals surface area (Å²) in [5.41, 5.74) is 0.771. The van der Waals surface area contributed by atoms with E-state index in [1.807, 2.05) is 41.5 Å². The number of nitrogens with zero attached hydrogens (tertiary/aromatic N) is 1. The van der Waals surface area contributed by atoms with Crippen LogP contribution in [-0.4, -0.2) is 84.1 Å². The van der Waals surface area contributed by atoms with E-state index in [1.165, 1.54) is 11.3 Å². The van der Waals surface area contributed by atoms with E-state index in [4.69, 9.17) is 4.74 Å². The van der Waals surface area contributed by atoms with Gasteiger partial charge in [-0.1, -0.05) is 61.3 Å². The summed E-state index contributed by atoms with van der Waals surface area (Å²) in [4.78, 5) is 56.6. The van der Waals surface area contributed by atoms with Gasteiger partial charge in [-0.3, -0.25) is 14.4 Å².